The quantitative estimate of drug-likeness (QED) is 0.763. The maximum atomic E-state index is 5.50. The maximum Gasteiger partial charge on any atom is 0.192 e. The fourth-order valence-corrected chi connectivity index (χ4v) is 2.84. The Morgan fingerprint density at radius 2 is 1.38 bits per heavy atom. The van der Waals surface area contributed by atoms with Gasteiger partial charge in [0.2, 0.25) is 0 Å². The van der Waals surface area contributed by atoms with Crippen molar-refractivity contribution in [2.24, 2.45) is 0 Å². The molecule has 0 aliphatic rings. The molecule has 0 atom stereocenters. The van der Waals surface area contributed by atoms with E-state index in [0.717, 1.165) is 13.0 Å². The van der Waals surface area contributed by atoms with E-state index < -0.39 is 0 Å². The average molecular weight is 280 g/mol. The van der Waals surface area contributed by atoms with Crippen molar-refractivity contribution in [3.63, 3.8) is 0 Å². The molecule has 0 heterocycles. The second-order valence-electron chi connectivity index (χ2n) is 6.26. The lowest BCUT2D eigenvalue weighted by Crippen LogP contribution is -2.33. The van der Waals surface area contributed by atoms with Crippen LogP contribution in [0.15, 0.2) is 42.5 Å². The third-order valence-corrected chi connectivity index (χ3v) is 4.00. The smallest absolute Gasteiger partial charge is 0.192 e. The van der Waals surface area contributed by atoms with Crippen molar-refractivity contribution < 1.29 is 4.74 Å². The van der Waals surface area contributed by atoms with Crippen molar-refractivity contribution in [2.75, 3.05) is 7.11 Å². The van der Waals surface area contributed by atoms with E-state index in [1.807, 2.05) is 0 Å². The van der Waals surface area contributed by atoms with E-state index in [4.69, 9.17) is 4.74 Å². The summed E-state index contributed by atoms with van der Waals surface area (Å²) in [5.41, 5.74) is 5.64. The molecule has 0 amide bonds. The molecule has 0 spiro atoms. The molecule has 0 radical (unpaired) electrons. The SMILES string of the molecule is COc1cc(C(C)C)c(Bc2ccccc2)c(C(C)C)c1. The molecule has 1 nitrogen and oxygen atoms in total. The molecule has 0 saturated carbocycles. The van der Waals surface area contributed by atoms with E-state index in [-0.39, 0.29) is 0 Å². The van der Waals surface area contributed by atoms with Crippen LogP contribution in [0.5, 0.6) is 5.75 Å². The topological polar surface area (TPSA) is 9.23 Å². The Kier molecular flexibility index (Phi) is 5.11. The first kappa shape index (κ1) is 15.7. The van der Waals surface area contributed by atoms with Crippen LogP contribution in [-0.2, 0) is 0 Å². The van der Waals surface area contributed by atoms with Crippen LogP contribution < -0.4 is 15.7 Å². The highest BCUT2D eigenvalue weighted by molar-refractivity contribution is 6.68. The Bertz CT molecular complexity index is 559. The Morgan fingerprint density at radius 3 is 1.81 bits per heavy atom. The molecule has 0 N–H and O–H groups in total. The molecular weight excluding hydrogens is 255 g/mol. The van der Waals surface area contributed by atoms with Gasteiger partial charge in [-0.3, -0.25) is 0 Å². The van der Waals surface area contributed by atoms with Crippen LogP contribution in [0.2, 0.25) is 0 Å². The summed E-state index contributed by atoms with van der Waals surface area (Å²) in [5, 5.41) is 0. The normalized spacial score (nSPS) is 11.0. The number of rotatable bonds is 5. The van der Waals surface area contributed by atoms with Crippen LogP contribution in [-0.4, -0.2) is 14.4 Å². The Hall–Kier alpha value is -1.70. The van der Waals surface area contributed by atoms with Crippen molar-refractivity contribution in [1.82, 2.24) is 0 Å². The molecule has 0 aromatic heterocycles. The molecule has 0 bridgehead atoms. The van der Waals surface area contributed by atoms with Gasteiger partial charge in [-0.2, -0.15) is 0 Å². The fourth-order valence-electron chi connectivity index (χ4n) is 2.84. The molecule has 0 saturated heterocycles. The van der Waals surface area contributed by atoms with Crippen LogP contribution in [0.4, 0.5) is 0 Å². The largest absolute Gasteiger partial charge is 0.497 e. The van der Waals surface area contributed by atoms with Crippen molar-refractivity contribution >= 4 is 18.2 Å². The molecule has 0 aliphatic heterocycles. The molecule has 2 rings (SSSR count). The standard InChI is InChI=1S/C19H25BO/c1-13(2)17-11-16(21-5)12-18(14(3)4)19(17)20-15-9-7-6-8-10-15/h6-14,20H,1-5H3. The van der Waals surface area contributed by atoms with Crippen LogP contribution in [0.25, 0.3) is 0 Å². The summed E-state index contributed by atoms with van der Waals surface area (Å²) < 4.78 is 5.50. The maximum absolute atomic E-state index is 5.50. The van der Waals surface area contributed by atoms with E-state index in [2.05, 4.69) is 70.2 Å². The van der Waals surface area contributed by atoms with Gasteiger partial charge in [0.25, 0.3) is 0 Å². The first-order valence-electron chi connectivity index (χ1n) is 7.77. The summed E-state index contributed by atoms with van der Waals surface area (Å²) in [7, 11) is 2.74. The molecule has 0 unspecified atom stereocenters. The van der Waals surface area contributed by atoms with Gasteiger partial charge in [0, 0.05) is 0 Å². The van der Waals surface area contributed by atoms with Crippen molar-refractivity contribution in [3.8, 4) is 5.75 Å². The highest BCUT2D eigenvalue weighted by Gasteiger charge is 2.17. The van der Waals surface area contributed by atoms with Gasteiger partial charge in [-0.15, -0.1) is 0 Å². The lowest BCUT2D eigenvalue weighted by Gasteiger charge is -2.21. The summed E-state index contributed by atoms with van der Waals surface area (Å²) in [5.74, 6) is 1.96. The lowest BCUT2D eigenvalue weighted by atomic mass is 9.59. The van der Waals surface area contributed by atoms with E-state index >= 15 is 0 Å². The van der Waals surface area contributed by atoms with Crippen LogP contribution in [0.1, 0.15) is 50.7 Å². The molecule has 2 aromatic rings. The van der Waals surface area contributed by atoms with Gasteiger partial charge in [0.1, 0.15) is 5.75 Å². The van der Waals surface area contributed by atoms with Gasteiger partial charge in [-0.05, 0) is 35.1 Å². The zero-order valence-corrected chi connectivity index (χ0v) is 13.8. The molecule has 21 heavy (non-hydrogen) atoms. The number of hydrogen-bond donors (Lipinski definition) is 0. The number of benzene rings is 2. The van der Waals surface area contributed by atoms with Crippen molar-refractivity contribution in [2.45, 2.75) is 39.5 Å². The van der Waals surface area contributed by atoms with Crippen LogP contribution in [0.3, 0.4) is 0 Å². The van der Waals surface area contributed by atoms with E-state index in [9.17, 15) is 0 Å². The van der Waals surface area contributed by atoms with Crippen molar-refractivity contribution in [1.29, 1.82) is 0 Å². The van der Waals surface area contributed by atoms with Crippen LogP contribution >= 0.6 is 0 Å². The Balaban J connectivity index is 2.55. The first-order valence-corrected chi connectivity index (χ1v) is 7.77. The minimum Gasteiger partial charge on any atom is -0.497 e. The molecule has 0 aliphatic carbocycles. The predicted octanol–water partition coefficient (Wildman–Crippen LogP) is 3.33. The monoisotopic (exact) mass is 280 g/mol. The second-order valence-corrected chi connectivity index (χ2v) is 6.26. The molecule has 0 fully saturated rings. The lowest BCUT2D eigenvalue weighted by molar-refractivity contribution is 0.413. The Labute approximate surface area is 129 Å². The van der Waals surface area contributed by atoms with Gasteiger partial charge >= 0.3 is 0 Å². The summed E-state index contributed by atoms with van der Waals surface area (Å²) >= 11 is 0. The van der Waals surface area contributed by atoms with Gasteiger partial charge in [-0.1, -0.05) is 69.0 Å². The van der Waals surface area contributed by atoms with Gasteiger partial charge in [-0.25, -0.2) is 0 Å². The van der Waals surface area contributed by atoms with E-state index in [0.29, 0.717) is 11.8 Å². The minimum atomic E-state index is 0.497. The fraction of sp³-hybridized carbons (Fsp3) is 0.368. The summed E-state index contributed by atoms with van der Waals surface area (Å²) in [6, 6.07) is 15.1. The molecular formula is C19H25BO. The molecule has 110 valence electrons. The highest BCUT2D eigenvalue weighted by Crippen LogP contribution is 2.25. The zero-order chi connectivity index (χ0) is 15.4. The minimum absolute atomic E-state index is 0.497. The van der Waals surface area contributed by atoms with Crippen LogP contribution in [0, 0.1) is 0 Å². The Morgan fingerprint density at radius 1 is 0.857 bits per heavy atom. The van der Waals surface area contributed by atoms with E-state index in [1.165, 1.54) is 22.1 Å². The summed E-state index contributed by atoms with van der Waals surface area (Å²) in [4.78, 5) is 0. The van der Waals surface area contributed by atoms with Crippen molar-refractivity contribution in [3.05, 3.63) is 53.6 Å². The number of ether oxygens (including phenoxy) is 1. The molecule has 2 heteroatoms. The van der Waals surface area contributed by atoms with Gasteiger partial charge < -0.3 is 4.74 Å². The second kappa shape index (κ2) is 6.84. The number of hydrogen-bond acceptors (Lipinski definition) is 1. The zero-order valence-electron chi connectivity index (χ0n) is 13.8. The van der Waals surface area contributed by atoms with Gasteiger partial charge in [0.15, 0.2) is 7.28 Å². The van der Waals surface area contributed by atoms with Gasteiger partial charge in [0.05, 0.1) is 7.11 Å². The summed E-state index contributed by atoms with van der Waals surface area (Å²) in [6.07, 6.45) is 0. The number of methoxy groups -OCH3 is 1. The average Bonchev–Trinajstić information content (AvgIpc) is 2.47. The predicted molar refractivity (Wildman–Crippen MR) is 94.0 cm³/mol. The molecule has 2 aromatic carbocycles. The van der Waals surface area contributed by atoms with E-state index in [1.54, 1.807) is 7.11 Å². The third kappa shape index (κ3) is 3.69. The first-order chi connectivity index (χ1) is 10.0. The highest BCUT2D eigenvalue weighted by atomic mass is 16.5. The third-order valence-electron chi connectivity index (χ3n) is 4.00. The summed E-state index contributed by atoms with van der Waals surface area (Å²) in [6.45, 7) is 9.03.